The summed E-state index contributed by atoms with van der Waals surface area (Å²) < 4.78 is 2.30. The molecule has 0 radical (unpaired) electrons. The molecule has 0 saturated carbocycles. The fourth-order valence-corrected chi connectivity index (χ4v) is 7.19. The van der Waals surface area contributed by atoms with Gasteiger partial charge in [0.25, 0.3) is 0 Å². The van der Waals surface area contributed by atoms with Crippen LogP contribution in [0, 0.1) is 0 Å². The second-order valence-electron chi connectivity index (χ2n) is 5.22. The molecule has 0 aromatic heterocycles. The van der Waals surface area contributed by atoms with E-state index >= 15 is 0 Å². The Hall–Kier alpha value is -0.327. The van der Waals surface area contributed by atoms with Crippen molar-refractivity contribution in [3.8, 4) is 11.1 Å². The van der Waals surface area contributed by atoms with Crippen molar-refractivity contribution in [2.45, 2.75) is 10.0 Å². The maximum atomic E-state index is 6.24. The van der Waals surface area contributed by atoms with Crippen LogP contribution >= 0.6 is 11.6 Å². The molecule has 2 aliphatic carbocycles. The van der Waals surface area contributed by atoms with Gasteiger partial charge in [-0.2, -0.15) is 0 Å². The van der Waals surface area contributed by atoms with Crippen LogP contribution in [0.15, 0.2) is 64.0 Å². The van der Waals surface area contributed by atoms with Gasteiger partial charge in [0, 0.05) is 0 Å². The second-order valence-corrected chi connectivity index (χ2v) is 9.36. The molecular formula is C18H13Cl3Zr. The first-order valence-corrected chi connectivity index (χ1v) is 9.86. The van der Waals surface area contributed by atoms with Crippen LogP contribution in [-0.4, -0.2) is 0 Å². The Labute approximate surface area is 160 Å². The first kappa shape index (κ1) is 18.0. The summed E-state index contributed by atoms with van der Waals surface area (Å²) in [4.78, 5) is 0. The largest absolute Gasteiger partial charge is 1.00 e. The average molecular weight is 427 g/mol. The van der Waals surface area contributed by atoms with Crippen molar-refractivity contribution in [1.82, 2.24) is 0 Å². The molecule has 0 spiro atoms. The summed E-state index contributed by atoms with van der Waals surface area (Å²) in [6, 6.07) is 15.3. The smallest absolute Gasteiger partial charge is 1.00 e. The predicted octanol–water partition coefficient (Wildman–Crippen LogP) is -0.656. The molecule has 110 valence electrons. The van der Waals surface area contributed by atoms with Crippen molar-refractivity contribution < 1.29 is 48.0 Å². The second kappa shape index (κ2) is 7.49. The van der Waals surface area contributed by atoms with Crippen LogP contribution in [-0.2, 0) is 23.2 Å². The van der Waals surface area contributed by atoms with Gasteiger partial charge in [0.15, 0.2) is 0 Å². The number of hydrogen-bond donors (Lipinski definition) is 0. The Morgan fingerprint density at radius 1 is 0.955 bits per heavy atom. The van der Waals surface area contributed by atoms with E-state index in [1.165, 1.54) is 28.7 Å². The van der Waals surface area contributed by atoms with E-state index in [1.807, 2.05) is 6.07 Å². The molecule has 2 aromatic rings. The predicted molar refractivity (Wildman–Crippen MR) is 80.6 cm³/mol. The number of hydrogen-bond acceptors (Lipinski definition) is 0. The summed E-state index contributed by atoms with van der Waals surface area (Å²) in [5.41, 5.74) is 5.78. The maximum absolute atomic E-state index is 6.24. The van der Waals surface area contributed by atoms with Crippen molar-refractivity contribution in [3.63, 3.8) is 0 Å². The van der Waals surface area contributed by atoms with Crippen molar-refractivity contribution in [2.24, 2.45) is 0 Å². The van der Waals surface area contributed by atoms with Gasteiger partial charge in [-0.25, -0.2) is 0 Å². The minimum Gasteiger partial charge on any atom is -1.00 e. The van der Waals surface area contributed by atoms with Gasteiger partial charge in [-0.3, -0.25) is 0 Å². The van der Waals surface area contributed by atoms with Crippen LogP contribution in [0.25, 0.3) is 11.1 Å². The van der Waals surface area contributed by atoms with E-state index in [2.05, 4.69) is 54.6 Å². The van der Waals surface area contributed by atoms with Gasteiger partial charge in [0.1, 0.15) is 0 Å². The van der Waals surface area contributed by atoms with Crippen molar-refractivity contribution in [1.29, 1.82) is 0 Å². The molecule has 0 fully saturated rings. The van der Waals surface area contributed by atoms with E-state index in [-0.39, 0.29) is 24.8 Å². The zero-order chi connectivity index (χ0) is 13.5. The molecule has 0 heterocycles. The molecule has 0 saturated heterocycles. The number of allylic oxidation sites excluding steroid dienone is 4. The van der Waals surface area contributed by atoms with Crippen LogP contribution in [0.2, 0.25) is 5.02 Å². The standard InChI is InChI=1S/C13H8Cl.C5H5.2ClH.Zr/c14-11-5-6-13-10(8-11)7-9-3-1-2-4-12(9)13;1-2-4-5-3-1;;;/h1-8H;1-3H,4H2;2*1H;/q;;;;+2/p-2. The van der Waals surface area contributed by atoms with Gasteiger partial charge >= 0.3 is 136 Å². The molecule has 1 atom stereocenters. The van der Waals surface area contributed by atoms with Crippen molar-refractivity contribution in [2.75, 3.05) is 0 Å². The maximum Gasteiger partial charge on any atom is -1.00 e. The van der Waals surface area contributed by atoms with Crippen molar-refractivity contribution in [3.05, 3.63) is 80.1 Å². The van der Waals surface area contributed by atoms with E-state index in [0.717, 1.165) is 5.02 Å². The summed E-state index contributed by atoms with van der Waals surface area (Å²) in [5, 5.41) is 0.861. The molecule has 4 rings (SSSR count). The van der Waals surface area contributed by atoms with E-state index in [9.17, 15) is 0 Å². The summed E-state index contributed by atoms with van der Waals surface area (Å²) in [6.07, 6.45) is 7.98. The molecule has 2 aromatic carbocycles. The molecule has 1 unspecified atom stereocenters. The number of rotatable bonds is 2. The van der Waals surface area contributed by atoms with Crippen LogP contribution in [0.4, 0.5) is 0 Å². The quantitative estimate of drug-likeness (QED) is 0.598. The first-order valence-electron chi connectivity index (χ1n) is 6.84. The molecule has 0 bridgehead atoms. The SMILES string of the molecule is Clc1ccc2c(c1)[CH]([Zr+2][C]1=CC=CC1)c1ccccc1-2.[Cl-].[Cl-]. The fourth-order valence-electron chi connectivity index (χ4n) is 3.07. The summed E-state index contributed by atoms with van der Waals surface area (Å²) in [7, 11) is 0. The molecule has 0 nitrogen and oxygen atoms in total. The fraction of sp³-hybridized carbons (Fsp3) is 0.111. The zero-order valence-electron chi connectivity index (χ0n) is 11.7. The van der Waals surface area contributed by atoms with Gasteiger partial charge in [-0.1, -0.05) is 0 Å². The topological polar surface area (TPSA) is 0 Å². The van der Waals surface area contributed by atoms with Gasteiger partial charge in [-0.15, -0.1) is 0 Å². The van der Waals surface area contributed by atoms with Gasteiger partial charge in [-0.05, 0) is 0 Å². The molecule has 22 heavy (non-hydrogen) atoms. The third-order valence-electron chi connectivity index (χ3n) is 3.99. The Balaban J connectivity index is 0.000000882. The molecule has 0 N–H and O–H groups in total. The van der Waals surface area contributed by atoms with E-state index in [4.69, 9.17) is 11.6 Å². The third kappa shape index (κ3) is 3.15. The number of fused-ring (bicyclic) bond motifs is 3. The van der Waals surface area contributed by atoms with Gasteiger partial charge < -0.3 is 24.8 Å². The summed E-state index contributed by atoms with van der Waals surface area (Å²) >= 11 is 5.59. The zero-order valence-corrected chi connectivity index (χ0v) is 16.4. The molecule has 4 heteroatoms. The average Bonchev–Trinajstić information content (AvgIpc) is 3.07. The molecule has 0 amide bonds. The Morgan fingerprint density at radius 3 is 2.50 bits per heavy atom. The summed E-state index contributed by atoms with van der Waals surface area (Å²) in [5.74, 6) is 0. The molecule has 0 aliphatic heterocycles. The molecular weight excluding hydrogens is 414 g/mol. The van der Waals surface area contributed by atoms with E-state index in [1.54, 1.807) is 3.28 Å². The summed E-state index contributed by atoms with van der Waals surface area (Å²) in [6.45, 7) is 0. The van der Waals surface area contributed by atoms with Crippen LogP contribution in [0.5, 0.6) is 0 Å². The monoisotopic (exact) mass is 424 g/mol. The number of benzene rings is 2. The normalized spacial score (nSPS) is 16.8. The number of halogens is 3. The van der Waals surface area contributed by atoms with Crippen LogP contribution in [0.3, 0.4) is 0 Å². The van der Waals surface area contributed by atoms with Crippen LogP contribution in [0.1, 0.15) is 21.2 Å². The Kier molecular flexibility index (Phi) is 6.14. The minimum atomic E-state index is -0.648. The Bertz CT molecular complexity index is 750. The van der Waals surface area contributed by atoms with E-state index < -0.39 is 23.2 Å². The third-order valence-corrected chi connectivity index (χ3v) is 8.28. The molecule has 2 aliphatic rings. The Morgan fingerprint density at radius 2 is 1.73 bits per heavy atom. The van der Waals surface area contributed by atoms with Gasteiger partial charge in [0.05, 0.1) is 0 Å². The van der Waals surface area contributed by atoms with Crippen LogP contribution < -0.4 is 24.8 Å². The van der Waals surface area contributed by atoms with Gasteiger partial charge in [0.2, 0.25) is 0 Å². The minimum absolute atomic E-state index is 0. The van der Waals surface area contributed by atoms with E-state index in [0.29, 0.717) is 3.63 Å². The first-order chi connectivity index (χ1) is 9.83. The van der Waals surface area contributed by atoms with Crippen molar-refractivity contribution >= 4 is 11.6 Å².